The molecule has 112 valence electrons. The van der Waals surface area contributed by atoms with E-state index >= 15 is 0 Å². The Balaban J connectivity index is 2.81. The molecule has 4 N–H and O–H groups in total. The molecular formula is C14H10FN3O4. The molecule has 0 aliphatic rings. The molecule has 0 spiro atoms. The molecule has 0 aliphatic heterocycles. The highest BCUT2D eigenvalue weighted by Crippen LogP contribution is 2.31. The fourth-order valence-electron chi connectivity index (χ4n) is 2.08. The zero-order valence-corrected chi connectivity index (χ0v) is 11.1. The second-order valence-electron chi connectivity index (χ2n) is 4.38. The number of nitrogens with zero attached hydrogens (tertiary/aromatic N) is 1. The first-order chi connectivity index (χ1) is 10.3. The minimum Gasteiger partial charge on any atom is -0.366 e. The van der Waals surface area contributed by atoms with Crippen LogP contribution in [0, 0.1) is 15.9 Å². The van der Waals surface area contributed by atoms with Gasteiger partial charge in [0, 0.05) is 22.8 Å². The lowest BCUT2D eigenvalue weighted by Gasteiger charge is -2.11. The summed E-state index contributed by atoms with van der Waals surface area (Å²) in [6.45, 7) is 0. The van der Waals surface area contributed by atoms with E-state index in [1.807, 2.05) is 0 Å². The average Bonchev–Trinajstić information content (AvgIpc) is 2.46. The van der Waals surface area contributed by atoms with E-state index in [4.69, 9.17) is 11.5 Å². The monoisotopic (exact) mass is 303 g/mol. The maximum atomic E-state index is 13.4. The Hall–Kier alpha value is -3.29. The average molecular weight is 303 g/mol. The molecule has 0 saturated carbocycles. The molecule has 0 saturated heterocycles. The first kappa shape index (κ1) is 15.1. The second-order valence-corrected chi connectivity index (χ2v) is 4.38. The van der Waals surface area contributed by atoms with Gasteiger partial charge in [-0.25, -0.2) is 0 Å². The molecule has 2 aromatic carbocycles. The van der Waals surface area contributed by atoms with Crippen molar-refractivity contribution >= 4 is 17.5 Å². The van der Waals surface area contributed by atoms with Gasteiger partial charge in [-0.2, -0.15) is 4.39 Å². The Morgan fingerprint density at radius 3 is 2.05 bits per heavy atom. The van der Waals surface area contributed by atoms with Crippen molar-refractivity contribution in [2.75, 3.05) is 0 Å². The predicted molar refractivity (Wildman–Crippen MR) is 75.5 cm³/mol. The number of primary amides is 2. The van der Waals surface area contributed by atoms with Crippen molar-refractivity contribution in [2.24, 2.45) is 11.5 Å². The van der Waals surface area contributed by atoms with E-state index in [2.05, 4.69) is 0 Å². The van der Waals surface area contributed by atoms with Crippen LogP contribution in [0.2, 0.25) is 0 Å². The van der Waals surface area contributed by atoms with Crippen LogP contribution in [0.3, 0.4) is 0 Å². The molecule has 0 heterocycles. The number of carbonyl (C=O) groups excluding carboxylic acids is 2. The number of benzene rings is 2. The van der Waals surface area contributed by atoms with Crippen LogP contribution in [0.25, 0.3) is 11.1 Å². The van der Waals surface area contributed by atoms with Gasteiger partial charge in [0.1, 0.15) is 0 Å². The molecule has 0 fully saturated rings. The predicted octanol–water partition coefficient (Wildman–Crippen LogP) is 1.60. The number of hydrogen-bond donors (Lipinski definition) is 2. The summed E-state index contributed by atoms with van der Waals surface area (Å²) in [6.07, 6.45) is 0. The van der Waals surface area contributed by atoms with Gasteiger partial charge in [-0.3, -0.25) is 19.7 Å². The summed E-state index contributed by atoms with van der Waals surface area (Å²) in [5.41, 5.74) is 9.75. The Morgan fingerprint density at radius 2 is 1.59 bits per heavy atom. The molecule has 0 atom stereocenters. The van der Waals surface area contributed by atoms with Gasteiger partial charge < -0.3 is 11.5 Å². The largest absolute Gasteiger partial charge is 0.366 e. The number of carbonyl (C=O) groups is 2. The number of hydrogen-bond acceptors (Lipinski definition) is 4. The van der Waals surface area contributed by atoms with Crippen molar-refractivity contribution in [2.45, 2.75) is 0 Å². The van der Waals surface area contributed by atoms with Crippen molar-refractivity contribution in [1.29, 1.82) is 0 Å². The fraction of sp³-hybridized carbons (Fsp3) is 0. The summed E-state index contributed by atoms with van der Waals surface area (Å²) < 4.78 is 13.4. The number of rotatable bonds is 4. The number of nitro benzene ring substituents is 1. The van der Waals surface area contributed by atoms with Crippen LogP contribution in [0.5, 0.6) is 0 Å². The van der Waals surface area contributed by atoms with Crippen LogP contribution in [0.4, 0.5) is 10.1 Å². The molecule has 0 aromatic heterocycles. The maximum absolute atomic E-state index is 13.4. The SMILES string of the molecule is NC(=O)c1cccc(C(N)=O)c1-c1ccc(F)c([N+](=O)[O-])c1. The summed E-state index contributed by atoms with van der Waals surface area (Å²) >= 11 is 0. The zero-order valence-electron chi connectivity index (χ0n) is 11.1. The Kier molecular flexibility index (Phi) is 3.85. The van der Waals surface area contributed by atoms with E-state index in [1.54, 1.807) is 0 Å². The van der Waals surface area contributed by atoms with Crippen LogP contribution in [0.15, 0.2) is 36.4 Å². The third-order valence-corrected chi connectivity index (χ3v) is 3.03. The van der Waals surface area contributed by atoms with Gasteiger partial charge >= 0.3 is 5.69 Å². The van der Waals surface area contributed by atoms with Crippen LogP contribution in [-0.4, -0.2) is 16.7 Å². The molecule has 0 bridgehead atoms. The van der Waals surface area contributed by atoms with E-state index in [-0.39, 0.29) is 22.3 Å². The van der Waals surface area contributed by atoms with Gasteiger partial charge in [-0.1, -0.05) is 12.1 Å². The third-order valence-electron chi connectivity index (χ3n) is 3.03. The second kappa shape index (κ2) is 5.60. The number of halogens is 1. The highest BCUT2D eigenvalue weighted by atomic mass is 19.1. The minimum atomic E-state index is -1.04. The summed E-state index contributed by atoms with van der Waals surface area (Å²) in [5.74, 6) is -2.72. The number of nitrogens with two attached hydrogens (primary N) is 2. The number of nitro groups is 1. The van der Waals surface area contributed by atoms with E-state index < -0.39 is 28.2 Å². The van der Waals surface area contributed by atoms with Gasteiger partial charge in [0.15, 0.2) is 0 Å². The first-order valence-electron chi connectivity index (χ1n) is 6.00. The molecular weight excluding hydrogens is 293 g/mol. The standard InChI is InChI=1S/C14H10FN3O4/c15-10-5-4-7(6-11(10)18(21)22)12-8(13(16)19)2-1-3-9(12)14(17)20/h1-6H,(H2,16,19)(H2,17,20). The van der Waals surface area contributed by atoms with Crippen LogP contribution >= 0.6 is 0 Å². The van der Waals surface area contributed by atoms with Gasteiger partial charge in [0.05, 0.1) is 4.92 Å². The first-order valence-corrected chi connectivity index (χ1v) is 6.00. The lowest BCUT2D eigenvalue weighted by molar-refractivity contribution is -0.387. The van der Waals surface area contributed by atoms with Crippen molar-refractivity contribution in [3.05, 3.63) is 63.5 Å². The van der Waals surface area contributed by atoms with Gasteiger partial charge in [0.25, 0.3) is 0 Å². The van der Waals surface area contributed by atoms with Crippen molar-refractivity contribution in [3.63, 3.8) is 0 Å². The van der Waals surface area contributed by atoms with Crippen molar-refractivity contribution in [3.8, 4) is 11.1 Å². The molecule has 22 heavy (non-hydrogen) atoms. The smallest absolute Gasteiger partial charge is 0.305 e. The van der Waals surface area contributed by atoms with E-state index in [0.29, 0.717) is 0 Å². The Labute approximate surface area is 123 Å². The van der Waals surface area contributed by atoms with Crippen LogP contribution < -0.4 is 11.5 Å². The van der Waals surface area contributed by atoms with E-state index in [9.17, 15) is 24.1 Å². The van der Waals surface area contributed by atoms with Crippen LogP contribution in [0.1, 0.15) is 20.7 Å². The Morgan fingerprint density at radius 1 is 1.05 bits per heavy atom. The minimum absolute atomic E-state index is 0.0330. The molecule has 0 unspecified atom stereocenters. The Bertz CT molecular complexity index is 772. The van der Waals surface area contributed by atoms with Crippen LogP contribution in [-0.2, 0) is 0 Å². The lowest BCUT2D eigenvalue weighted by atomic mass is 9.93. The third kappa shape index (κ3) is 2.62. The highest BCUT2D eigenvalue weighted by Gasteiger charge is 2.21. The lowest BCUT2D eigenvalue weighted by Crippen LogP contribution is -2.18. The van der Waals surface area contributed by atoms with Gasteiger partial charge in [0.2, 0.25) is 17.6 Å². The maximum Gasteiger partial charge on any atom is 0.305 e. The van der Waals surface area contributed by atoms with Gasteiger partial charge in [-0.05, 0) is 23.8 Å². The topological polar surface area (TPSA) is 129 Å². The molecule has 8 heteroatoms. The molecule has 0 radical (unpaired) electrons. The molecule has 0 aliphatic carbocycles. The normalized spacial score (nSPS) is 10.2. The quantitative estimate of drug-likeness (QED) is 0.656. The van der Waals surface area contributed by atoms with E-state index in [0.717, 1.165) is 12.1 Å². The van der Waals surface area contributed by atoms with Crippen molar-refractivity contribution < 1.29 is 18.9 Å². The summed E-state index contributed by atoms with van der Waals surface area (Å²) in [7, 11) is 0. The molecule has 7 nitrogen and oxygen atoms in total. The molecule has 2 amide bonds. The summed E-state index contributed by atoms with van der Waals surface area (Å²) in [5, 5.41) is 10.8. The summed E-state index contributed by atoms with van der Waals surface area (Å²) in [4.78, 5) is 33.0. The summed E-state index contributed by atoms with van der Waals surface area (Å²) in [6, 6.07) is 7.09. The zero-order chi connectivity index (χ0) is 16.4. The highest BCUT2D eigenvalue weighted by molar-refractivity contribution is 6.08. The molecule has 2 aromatic rings. The van der Waals surface area contributed by atoms with E-state index in [1.165, 1.54) is 24.3 Å². The number of amides is 2. The van der Waals surface area contributed by atoms with Crippen molar-refractivity contribution in [1.82, 2.24) is 0 Å². The van der Waals surface area contributed by atoms with Gasteiger partial charge in [-0.15, -0.1) is 0 Å². The molecule has 2 rings (SSSR count). The fourth-order valence-corrected chi connectivity index (χ4v) is 2.08.